The van der Waals surface area contributed by atoms with Crippen LogP contribution in [0.4, 0.5) is 0 Å². The average Bonchev–Trinajstić information content (AvgIpc) is 3.20. The highest BCUT2D eigenvalue weighted by molar-refractivity contribution is 7.10. The maximum Gasteiger partial charge on any atom is 0.223 e. The van der Waals surface area contributed by atoms with Gasteiger partial charge in [-0.25, -0.2) is 0 Å². The molecule has 1 saturated heterocycles. The van der Waals surface area contributed by atoms with E-state index in [-0.39, 0.29) is 17.7 Å². The van der Waals surface area contributed by atoms with Crippen molar-refractivity contribution in [2.24, 2.45) is 11.8 Å². The lowest BCUT2D eigenvalue weighted by Gasteiger charge is -2.35. The number of thiophene rings is 1. The van der Waals surface area contributed by atoms with Crippen molar-refractivity contribution >= 4 is 17.2 Å². The summed E-state index contributed by atoms with van der Waals surface area (Å²) in [6.07, 6.45) is 5.35. The van der Waals surface area contributed by atoms with E-state index in [0.717, 1.165) is 24.4 Å². The predicted octanol–water partition coefficient (Wildman–Crippen LogP) is 3.53. The maximum atomic E-state index is 13.1. The van der Waals surface area contributed by atoms with Crippen molar-refractivity contribution in [3.63, 3.8) is 0 Å². The third-order valence-electron chi connectivity index (χ3n) is 5.53. The maximum absolute atomic E-state index is 13.1. The summed E-state index contributed by atoms with van der Waals surface area (Å²) >= 11 is 1.62. The number of likely N-dealkylation sites (tertiary alicyclic amines) is 1. The summed E-state index contributed by atoms with van der Waals surface area (Å²) < 4.78 is 10.9. The summed E-state index contributed by atoms with van der Waals surface area (Å²) in [5.41, 5.74) is 0. The molecule has 0 radical (unpaired) electrons. The molecule has 4 atom stereocenters. The molecule has 1 N–H and O–H groups in total. The molecule has 1 aromatic heterocycles. The number of hydrogen-bond donors (Lipinski definition) is 1. The molecule has 6 heteroatoms. The van der Waals surface area contributed by atoms with Crippen LogP contribution in [-0.4, -0.2) is 49.3 Å². The number of aliphatic hydroxyl groups is 1. The van der Waals surface area contributed by atoms with Gasteiger partial charge in [0.25, 0.3) is 0 Å². The molecule has 1 aliphatic carbocycles. The van der Waals surface area contributed by atoms with Gasteiger partial charge in [-0.05, 0) is 36.3 Å². The summed E-state index contributed by atoms with van der Waals surface area (Å²) in [7, 11) is 3.17. The monoisotopic (exact) mass is 391 g/mol. The molecule has 0 aromatic carbocycles. The molecule has 2 aliphatic rings. The second-order valence-electron chi connectivity index (χ2n) is 7.45. The molecule has 1 aliphatic heterocycles. The summed E-state index contributed by atoms with van der Waals surface area (Å²) in [4.78, 5) is 16.1. The van der Waals surface area contributed by atoms with Crippen molar-refractivity contribution in [3.8, 4) is 0 Å². The van der Waals surface area contributed by atoms with E-state index in [9.17, 15) is 9.90 Å². The Labute approximate surface area is 165 Å². The van der Waals surface area contributed by atoms with Crippen LogP contribution in [0.2, 0.25) is 0 Å². The van der Waals surface area contributed by atoms with Crippen LogP contribution in [0.1, 0.15) is 37.0 Å². The molecule has 5 nitrogen and oxygen atoms in total. The summed E-state index contributed by atoms with van der Waals surface area (Å²) in [6, 6.07) is 4.03. The van der Waals surface area contributed by atoms with E-state index in [1.54, 1.807) is 31.6 Å². The number of allylic oxidation sites excluding steroid dienone is 1. The fourth-order valence-electron chi connectivity index (χ4n) is 4.12. The first-order chi connectivity index (χ1) is 13.0. The molecule has 27 heavy (non-hydrogen) atoms. The number of nitrogens with zero attached hydrogens (tertiary/aromatic N) is 1. The molecule has 0 saturated carbocycles. The van der Waals surface area contributed by atoms with Crippen LogP contribution in [0.3, 0.4) is 0 Å². The molecule has 3 rings (SSSR count). The Hall–Kier alpha value is -1.79. The van der Waals surface area contributed by atoms with Gasteiger partial charge in [-0.2, -0.15) is 0 Å². The van der Waals surface area contributed by atoms with Gasteiger partial charge in [0.1, 0.15) is 11.5 Å². The Morgan fingerprint density at radius 3 is 2.85 bits per heavy atom. The zero-order valence-electron chi connectivity index (χ0n) is 16.3. The van der Waals surface area contributed by atoms with Crippen molar-refractivity contribution < 1.29 is 19.4 Å². The minimum Gasteiger partial charge on any atom is -0.501 e. The Bertz CT molecular complexity index is 697. The third kappa shape index (κ3) is 4.55. The first-order valence-electron chi connectivity index (χ1n) is 9.54. The lowest BCUT2D eigenvalue weighted by molar-refractivity contribution is -0.133. The molecule has 1 fully saturated rings. The van der Waals surface area contributed by atoms with Crippen molar-refractivity contribution in [2.75, 3.05) is 27.3 Å². The van der Waals surface area contributed by atoms with Gasteiger partial charge in [0.15, 0.2) is 0 Å². The zero-order valence-corrected chi connectivity index (χ0v) is 17.1. The number of carbonyl (C=O) groups is 1. The van der Waals surface area contributed by atoms with E-state index in [2.05, 4.69) is 6.92 Å². The molecular formula is C21H29NO4S. The van der Waals surface area contributed by atoms with Crippen LogP contribution >= 0.6 is 11.3 Å². The third-order valence-corrected chi connectivity index (χ3v) is 6.54. The first kappa shape index (κ1) is 20.0. The summed E-state index contributed by atoms with van der Waals surface area (Å²) in [6.45, 7) is 3.85. The standard InChI is InChI=1S/C21H29NO4S/c1-14-6-4-8-22(13-14)20(24)12-16(19-7-5-9-27-19)21-17(23)10-15(25-2)11-18(21)26-3/h5,7,9-11,14,16-17,21,23H,4,6,8,12-13H2,1-3H3. The molecule has 1 amide bonds. The van der Waals surface area contributed by atoms with Crippen LogP contribution in [0.25, 0.3) is 0 Å². The van der Waals surface area contributed by atoms with Crippen molar-refractivity contribution in [1.29, 1.82) is 0 Å². The van der Waals surface area contributed by atoms with E-state index < -0.39 is 6.10 Å². The number of rotatable bonds is 6. The second kappa shape index (κ2) is 8.93. The van der Waals surface area contributed by atoms with E-state index >= 15 is 0 Å². The van der Waals surface area contributed by atoms with Gasteiger partial charge in [-0.15, -0.1) is 11.3 Å². The van der Waals surface area contributed by atoms with Crippen LogP contribution in [0.15, 0.2) is 41.2 Å². The second-order valence-corrected chi connectivity index (χ2v) is 8.43. The Kier molecular flexibility index (Phi) is 6.60. The predicted molar refractivity (Wildman–Crippen MR) is 106 cm³/mol. The highest BCUT2D eigenvalue weighted by Crippen LogP contribution is 2.41. The van der Waals surface area contributed by atoms with Crippen molar-refractivity contribution in [3.05, 3.63) is 46.1 Å². The summed E-state index contributed by atoms with van der Waals surface area (Å²) in [5, 5.41) is 12.8. The normalized spacial score (nSPS) is 26.8. The number of methoxy groups -OCH3 is 2. The van der Waals surface area contributed by atoms with Crippen LogP contribution < -0.4 is 0 Å². The van der Waals surface area contributed by atoms with Gasteiger partial charge in [0, 0.05) is 36.4 Å². The number of piperidine rings is 1. The van der Waals surface area contributed by atoms with Gasteiger partial charge in [0.05, 0.1) is 26.2 Å². The number of aliphatic hydroxyl groups excluding tert-OH is 1. The molecule has 1 aromatic rings. The fraction of sp³-hybridized carbons (Fsp3) is 0.571. The highest BCUT2D eigenvalue weighted by Gasteiger charge is 2.38. The van der Waals surface area contributed by atoms with Gasteiger partial charge < -0.3 is 19.5 Å². The van der Waals surface area contributed by atoms with Crippen LogP contribution in [0.5, 0.6) is 0 Å². The molecule has 148 valence electrons. The zero-order chi connectivity index (χ0) is 19.4. The van der Waals surface area contributed by atoms with Gasteiger partial charge in [-0.3, -0.25) is 4.79 Å². The van der Waals surface area contributed by atoms with Crippen molar-refractivity contribution in [1.82, 2.24) is 4.90 Å². The molecule has 0 spiro atoms. The van der Waals surface area contributed by atoms with E-state index in [1.165, 1.54) is 6.42 Å². The van der Waals surface area contributed by atoms with E-state index in [0.29, 0.717) is 23.9 Å². The number of ether oxygens (including phenoxy) is 2. The number of hydrogen-bond acceptors (Lipinski definition) is 5. The fourth-order valence-corrected chi connectivity index (χ4v) is 5.00. The molecule has 2 heterocycles. The molecular weight excluding hydrogens is 362 g/mol. The topological polar surface area (TPSA) is 59.0 Å². The minimum absolute atomic E-state index is 0.134. The van der Waals surface area contributed by atoms with Gasteiger partial charge >= 0.3 is 0 Å². The van der Waals surface area contributed by atoms with E-state index in [4.69, 9.17) is 9.47 Å². The number of carbonyl (C=O) groups excluding carboxylic acids is 1. The Balaban J connectivity index is 1.85. The minimum atomic E-state index is -0.764. The SMILES string of the molecule is COC1=CC(O)C(C(CC(=O)N2CCCC(C)C2)c2cccs2)C(OC)=C1. The highest BCUT2D eigenvalue weighted by atomic mass is 32.1. The van der Waals surface area contributed by atoms with Crippen molar-refractivity contribution in [2.45, 2.75) is 38.2 Å². The van der Waals surface area contributed by atoms with Gasteiger partial charge in [-0.1, -0.05) is 13.0 Å². The van der Waals surface area contributed by atoms with Gasteiger partial charge in [0.2, 0.25) is 5.91 Å². The largest absolute Gasteiger partial charge is 0.501 e. The molecule has 4 unspecified atom stereocenters. The average molecular weight is 392 g/mol. The van der Waals surface area contributed by atoms with Crippen LogP contribution in [-0.2, 0) is 14.3 Å². The Morgan fingerprint density at radius 1 is 1.41 bits per heavy atom. The lowest BCUT2D eigenvalue weighted by Crippen LogP contribution is -2.41. The van der Waals surface area contributed by atoms with Crippen LogP contribution in [0, 0.1) is 11.8 Å². The number of amides is 1. The first-order valence-corrected chi connectivity index (χ1v) is 10.4. The lowest BCUT2D eigenvalue weighted by atomic mass is 9.79. The summed E-state index contributed by atoms with van der Waals surface area (Å²) in [5.74, 6) is 1.50. The smallest absolute Gasteiger partial charge is 0.223 e. The quantitative estimate of drug-likeness (QED) is 0.806. The Morgan fingerprint density at radius 2 is 2.22 bits per heavy atom. The molecule has 0 bridgehead atoms. The van der Waals surface area contributed by atoms with E-state index in [1.807, 2.05) is 28.5 Å².